The molecule has 0 aliphatic heterocycles. The van der Waals surface area contributed by atoms with E-state index in [1.165, 1.54) is 0 Å². The molecule has 1 unspecified atom stereocenters. The summed E-state index contributed by atoms with van der Waals surface area (Å²) >= 11 is 15.2. The van der Waals surface area contributed by atoms with Gasteiger partial charge in [0.05, 0.1) is 15.8 Å². The van der Waals surface area contributed by atoms with Crippen molar-refractivity contribution in [3.05, 3.63) is 111 Å². The van der Waals surface area contributed by atoms with Gasteiger partial charge in [0.2, 0.25) is 7.29 Å². The molecule has 0 fully saturated rings. The predicted octanol–water partition coefficient (Wildman–Crippen LogP) is 8.46. The van der Waals surface area contributed by atoms with E-state index in [0.717, 1.165) is 20.4 Å². The summed E-state index contributed by atoms with van der Waals surface area (Å²) in [5, 5.41) is 3.95. The Labute approximate surface area is 188 Å². The SMILES string of the molecule is O=P(C=C(Cl)c1ccccc1)(/C=C(/Cl)c1ccccc1)Nc1ccccc1I. The second-order valence-electron chi connectivity index (χ2n) is 5.99. The third-order valence-electron chi connectivity index (χ3n) is 3.88. The summed E-state index contributed by atoms with van der Waals surface area (Å²) in [6.45, 7) is 0. The largest absolute Gasteiger partial charge is 0.329 e. The molecule has 0 saturated heterocycles. The first-order valence-electron chi connectivity index (χ1n) is 8.47. The molecule has 0 saturated carbocycles. The number of anilines is 1. The highest BCUT2D eigenvalue weighted by Gasteiger charge is 2.20. The number of nitrogens with one attached hydrogen (secondary N) is 1. The smallest absolute Gasteiger partial charge is 0.216 e. The zero-order chi connectivity index (χ0) is 20.0. The fourth-order valence-electron chi connectivity index (χ4n) is 2.52. The van der Waals surface area contributed by atoms with E-state index in [9.17, 15) is 4.57 Å². The quantitative estimate of drug-likeness (QED) is 0.251. The molecule has 0 aliphatic rings. The fraction of sp³-hybridized carbons (Fsp3) is 0. The minimum absolute atomic E-state index is 0.399. The molecule has 0 amide bonds. The number of benzene rings is 3. The topological polar surface area (TPSA) is 29.1 Å². The Balaban J connectivity index is 2.05. The Morgan fingerprint density at radius 1 is 0.750 bits per heavy atom. The van der Waals surface area contributed by atoms with Crippen molar-refractivity contribution in [1.29, 1.82) is 0 Å². The molecule has 1 N–H and O–H groups in total. The highest BCUT2D eigenvalue weighted by atomic mass is 127. The molecule has 142 valence electrons. The predicted molar refractivity (Wildman–Crippen MR) is 131 cm³/mol. The zero-order valence-electron chi connectivity index (χ0n) is 14.7. The van der Waals surface area contributed by atoms with Gasteiger partial charge in [-0.15, -0.1) is 0 Å². The summed E-state index contributed by atoms with van der Waals surface area (Å²) in [4.78, 5) is 0. The second kappa shape index (κ2) is 9.80. The first-order valence-corrected chi connectivity index (χ1v) is 12.1. The lowest BCUT2D eigenvalue weighted by atomic mass is 10.2. The van der Waals surface area contributed by atoms with Crippen LogP contribution in [0.25, 0.3) is 10.1 Å². The lowest BCUT2D eigenvalue weighted by molar-refractivity contribution is 0.589. The van der Waals surface area contributed by atoms with Crippen LogP contribution in [0.3, 0.4) is 0 Å². The lowest BCUT2D eigenvalue weighted by Gasteiger charge is -2.17. The average Bonchev–Trinajstić information content (AvgIpc) is 2.71. The zero-order valence-corrected chi connectivity index (χ0v) is 19.3. The minimum Gasteiger partial charge on any atom is -0.329 e. The molecule has 28 heavy (non-hydrogen) atoms. The van der Waals surface area contributed by atoms with Crippen molar-refractivity contribution in [3.8, 4) is 0 Å². The monoisotopic (exact) mass is 539 g/mol. The highest BCUT2D eigenvalue weighted by Crippen LogP contribution is 2.54. The van der Waals surface area contributed by atoms with Gasteiger partial charge in [-0.1, -0.05) is 96.0 Å². The van der Waals surface area contributed by atoms with E-state index in [1.54, 1.807) is 11.6 Å². The highest BCUT2D eigenvalue weighted by molar-refractivity contribution is 14.1. The molecule has 3 rings (SSSR count). The standard InChI is InChI=1S/C22H17Cl2INOP/c23-19(17-9-3-1-4-10-17)15-28(27,26-22-14-8-7-13-21(22)25)16-20(24)18-11-5-2-6-12-18/h1-16H,(H,26,27)/b19-15+,20-16?. The van der Waals surface area contributed by atoms with Crippen molar-refractivity contribution < 1.29 is 4.57 Å². The molecule has 0 aromatic heterocycles. The van der Waals surface area contributed by atoms with Gasteiger partial charge in [0.15, 0.2) is 0 Å². The van der Waals surface area contributed by atoms with Crippen LogP contribution in [-0.2, 0) is 4.57 Å². The van der Waals surface area contributed by atoms with Crippen LogP contribution in [-0.4, -0.2) is 0 Å². The van der Waals surface area contributed by atoms with Gasteiger partial charge in [0, 0.05) is 15.2 Å². The van der Waals surface area contributed by atoms with Crippen LogP contribution in [0.1, 0.15) is 11.1 Å². The Morgan fingerprint density at radius 2 is 1.18 bits per heavy atom. The molecule has 0 radical (unpaired) electrons. The van der Waals surface area contributed by atoms with Crippen LogP contribution >= 0.6 is 53.1 Å². The van der Waals surface area contributed by atoms with E-state index < -0.39 is 7.29 Å². The van der Waals surface area contributed by atoms with E-state index >= 15 is 0 Å². The first-order chi connectivity index (χ1) is 13.5. The van der Waals surface area contributed by atoms with Crippen LogP contribution in [0, 0.1) is 3.57 Å². The second-order valence-corrected chi connectivity index (χ2v) is 10.1. The van der Waals surface area contributed by atoms with E-state index in [-0.39, 0.29) is 0 Å². The van der Waals surface area contributed by atoms with Gasteiger partial charge in [0.1, 0.15) is 0 Å². The van der Waals surface area contributed by atoms with E-state index in [1.807, 2.05) is 84.9 Å². The third-order valence-corrected chi connectivity index (χ3v) is 7.65. The minimum atomic E-state index is -3.25. The summed E-state index contributed by atoms with van der Waals surface area (Å²) in [7, 11) is -3.25. The van der Waals surface area contributed by atoms with Gasteiger partial charge < -0.3 is 5.09 Å². The Kier molecular flexibility index (Phi) is 7.42. The van der Waals surface area contributed by atoms with Crippen LogP contribution < -0.4 is 5.09 Å². The Hall–Kier alpha value is -1.52. The molecular weight excluding hydrogens is 523 g/mol. The van der Waals surface area contributed by atoms with Crippen molar-refractivity contribution in [1.82, 2.24) is 0 Å². The molecule has 0 aliphatic carbocycles. The van der Waals surface area contributed by atoms with Gasteiger partial charge in [0.25, 0.3) is 0 Å². The molecule has 3 aromatic carbocycles. The van der Waals surface area contributed by atoms with Gasteiger partial charge >= 0.3 is 0 Å². The number of halogens is 3. The summed E-state index contributed by atoms with van der Waals surface area (Å²) in [6.07, 6.45) is 0. The molecule has 0 heterocycles. The van der Waals surface area contributed by atoms with Gasteiger partial charge in [-0.2, -0.15) is 0 Å². The summed E-state index contributed by atoms with van der Waals surface area (Å²) in [6, 6.07) is 26.5. The number of hydrogen-bond acceptors (Lipinski definition) is 1. The maximum Gasteiger partial charge on any atom is 0.216 e. The van der Waals surface area contributed by atoms with Crippen molar-refractivity contribution in [2.45, 2.75) is 0 Å². The summed E-state index contributed by atoms with van der Waals surface area (Å²) < 4.78 is 14.8. The van der Waals surface area contributed by atoms with E-state index in [0.29, 0.717) is 10.1 Å². The first kappa shape index (κ1) is 21.2. The molecule has 0 bridgehead atoms. The molecule has 2 nitrogen and oxygen atoms in total. The molecule has 6 heteroatoms. The van der Waals surface area contributed by atoms with Crippen LogP contribution in [0.2, 0.25) is 0 Å². The molecule has 1 atom stereocenters. The van der Waals surface area contributed by atoms with Crippen molar-refractivity contribution in [2.75, 3.05) is 5.09 Å². The lowest BCUT2D eigenvalue weighted by Crippen LogP contribution is -1.96. The van der Waals surface area contributed by atoms with Crippen molar-refractivity contribution >= 4 is 68.8 Å². The Bertz CT molecular complexity index is 993. The Morgan fingerprint density at radius 3 is 1.64 bits per heavy atom. The molecule has 3 aromatic rings. The van der Waals surface area contributed by atoms with Crippen molar-refractivity contribution in [3.63, 3.8) is 0 Å². The van der Waals surface area contributed by atoms with Crippen LogP contribution in [0.4, 0.5) is 5.69 Å². The fourth-order valence-corrected chi connectivity index (χ4v) is 6.13. The average molecular weight is 540 g/mol. The molecule has 0 spiro atoms. The van der Waals surface area contributed by atoms with Gasteiger partial charge in [-0.05, 0) is 45.9 Å². The number of rotatable bonds is 6. The van der Waals surface area contributed by atoms with Gasteiger partial charge in [-0.3, -0.25) is 4.57 Å². The summed E-state index contributed by atoms with van der Waals surface area (Å²) in [5.74, 6) is 3.11. The van der Waals surface area contributed by atoms with Crippen LogP contribution in [0.5, 0.6) is 0 Å². The van der Waals surface area contributed by atoms with E-state index in [4.69, 9.17) is 23.2 Å². The normalized spacial score (nSPS) is 14.4. The van der Waals surface area contributed by atoms with Gasteiger partial charge in [-0.25, -0.2) is 0 Å². The van der Waals surface area contributed by atoms with Crippen LogP contribution in [0.15, 0.2) is 96.6 Å². The number of hydrogen-bond donors (Lipinski definition) is 1. The third kappa shape index (κ3) is 5.74. The number of para-hydroxylation sites is 1. The summed E-state index contributed by atoms with van der Waals surface area (Å²) in [5.41, 5.74) is 2.34. The molecular formula is C22H17Cl2INOP. The van der Waals surface area contributed by atoms with E-state index in [2.05, 4.69) is 27.7 Å². The van der Waals surface area contributed by atoms with Crippen molar-refractivity contribution in [2.24, 2.45) is 0 Å². The maximum atomic E-state index is 13.9. The maximum absolute atomic E-state index is 13.9.